The molecule has 3 aromatic rings. The standard InChI is InChI=1S/C25H26FN3O4S/c1-33-23-11-9-22(10-12-23)29(34(31,32)24-13-7-20(26)8-14-24)19-25(30)28-17-15-27(16-18-28)21-5-3-2-4-6-21/h2-14H,15-19H2,1H3. The second kappa shape index (κ2) is 10.1. The molecule has 1 aliphatic rings. The zero-order valence-corrected chi connectivity index (χ0v) is 19.6. The molecular formula is C25H26FN3O4S. The van der Waals surface area contributed by atoms with Crippen LogP contribution in [0.1, 0.15) is 0 Å². The first-order valence-electron chi connectivity index (χ1n) is 10.9. The maximum atomic E-state index is 13.4. The van der Waals surface area contributed by atoms with E-state index in [2.05, 4.69) is 4.90 Å². The zero-order valence-electron chi connectivity index (χ0n) is 18.8. The highest BCUT2D eigenvalue weighted by Gasteiger charge is 2.30. The molecule has 0 N–H and O–H groups in total. The normalized spacial score (nSPS) is 14.1. The van der Waals surface area contributed by atoms with E-state index in [4.69, 9.17) is 4.74 Å². The van der Waals surface area contributed by atoms with Crippen LogP contribution in [0.3, 0.4) is 0 Å². The molecule has 1 aliphatic heterocycles. The Morgan fingerprint density at radius 1 is 0.912 bits per heavy atom. The number of para-hydroxylation sites is 1. The summed E-state index contributed by atoms with van der Waals surface area (Å²) in [4.78, 5) is 17.0. The molecule has 0 bridgehead atoms. The number of halogens is 1. The van der Waals surface area contributed by atoms with Gasteiger partial charge in [0, 0.05) is 31.9 Å². The monoisotopic (exact) mass is 483 g/mol. The molecule has 1 amide bonds. The van der Waals surface area contributed by atoms with Crippen molar-refractivity contribution >= 4 is 27.3 Å². The fourth-order valence-corrected chi connectivity index (χ4v) is 5.29. The summed E-state index contributed by atoms with van der Waals surface area (Å²) >= 11 is 0. The molecule has 4 rings (SSSR count). The number of anilines is 2. The predicted octanol–water partition coefficient (Wildman–Crippen LogP) is 3.38. The number of ether oxygens (including phenoxy) is 1. The van der Waals surface area contributed by atoms with Crippen molar-refractivity contribution in [2.45, 2.75) is 4.90 Å². The van der Waals surface area contributed by atoms with Crippen molar-refractivity contribution in [1.82, 2.24) is 4.90 Å². The lowest BCUT2D eigenvalue weighted by Gasteiger charge is -2.37. The van der Waals surface area contributed by atoms with Gasteiger partial charge in [-0.25, -0.2) is 12.8 Å². The van der Waals surface area contributed by atoms with Gasteiger partial charge in [-0.1, -0.05) is 18.2 Å². The fraction of sp³-hybridized carbons (Fsp3) is 0.240. The van der Waals surface area contributed by atoms with Gasteiger partial charge in [0.2, 0.25) is 5.91 Å². The van der Waals surface area contributed by atoms with Crippen molar-refractivity contribution in [3.8, 4) is 5.75 Å². The molecule has 0 radical (unpaired) electrons. The minimum atomic E-state index is -4.11. The first-order valence-corrected chi connectivity index (χ1v) is 12.3. The van der Waals surface area contributed by atoms with E-state index in [9.17, 15) is 17.6 Å². The number of hydrogen-bond acceptors (Lipinski definition) is 5. The first kappa shape index (κ1) is 23.6. The van der Waals surface area contributed by atoms with Gasteiger partial charge in [0.25, 0.3) is 10.0 Å². The fourth-order valence-electron chi connectivity index (χ4n) is 3.87. The van der Waals surface area contributed by atoms with Crippen LogP contribution in [0.4, 0.5) is 15.8 Å². The molecule has 1 heterocycles. The van der Waals surface area contributed by atoms with Crippen molar-refractivity contribution in [3.63, 3.8) is 0 Å². The van der Waals surface area contributed by atoms with Gasteiger partial charge in [-0.3, -0.25) is 9.10 Å². The molecule has 9 heteroatoms. The summed E-state index contributed by atoms with van der Waals surface area (Å²) in [6, 6.07) is 21.0. The van der Waals surface area contributed by atoms with E-state index in [1.165, 1.54) is 19.2 Å². The van der Waals surface area contributed by atoms with Gasteiger partial charge in [-0.05, 0) is 60.7 Å². The molecule has 7 nitrogen and oxygen atoms in total. The first-order chi connectivity index (χ1) is 16.4. The number of benzene rings is 3. The van der Waals surface area contributed by atoms with Crippen molar-refractivity contribution in [2.75, 3.05) is 49.0 Å². The lowest BCUT2D eigenvalue weighted by molar-refractivity contribution is -0.129. The summed E-state index contributed by atoms with van der Waals surface area (Å²) in [5.74, 6) is -0.275. The van der Waals surface area contributed by atoms with Crippen LogP contribution < -0.4 is 13.9 Å². The molecule has 0 atom stereocenters. The molecule has 34 heavy (non-hydrogen) atoms. The van der Waals surface area contributed by atoms with E-state index in [1.807, 2.05) is 30.3 Å². The summed E-state index contributed by atoms with van der Waals surface area (Å²) in [6.45, 7) is 1.92. The Hall–Kier alpha value is -3.59. The number of piperazine rings is 1. The lowest BCUT2D eigenvalue weighted by atomic mass is 10.2. The molecule has 0 saturated carbocycles. The largest absolute Gasteiger partial charge is 0.497 e. The average Bonchev–Trinajstić information content (AvgIpc) is 2.88. The number of amides is 1. The Kier molecular flexibility index (Phi) is 7.02. The topological polar surface area (TPSA) is 70.2 Å². The molecular weight excluding hydrogens is 457 g/mol. The third-order valence-electron chi connectivity index (χ3n) is 5.79. The molecule has 1 fully saturated rings. The summed E-state index contributed by atoms with van der Waals surface area (Å²) in [6.07, 6.45) is 0. The summed E-state index contributed by atoms with van der Waals surface area (Å²) in [5.41, 5.74) is 1.41. The zero-order chi connectivity index (χ0) is 24.1. The Morgan fingerprint density at radius 3 is 2.12 bits per heavy atom. The molecule has 1 saturated heterocycles. The van der Waals surface area contributed by atoms with Crippen LogP contribution in [0.25, 0.3) is 0 Å². The third-order valence-corrected chi connectivity index (χ3v) is 7.58. The maximum Gasteiger partial charge on any atom is 0.264 e. The average molecular weight is 484 g/mol. The smallest absolute Gasteiger partial charge is 0.264 e. The van der Waals surface area contributed by atoms with Crippen molar-refractivity contribution in [3.05, 3.63) is 84.7 Å². The van der Waals surface area contributed by atoms with Gasteiger partial charge >= 0.3 is 0 Å². The van der Waals surface area contributed by atoms with E-state index in [0.717, 1.165) is 22.1 Å². The van der Waals surface area contributed by atoms with Crippen LogP contribution in [-0.4, -0.2) is 59.1 Å². The van der Waals surface area contributed by atoms with E-state index in [-0.39, 0.29) is 17.3 Å². The van der Waals surface area contributed by atoms with Crippen LogP contribution in [0, 0.1) is 5.82 Å². The van der Waals surface area contributed by atoms with Crippen LogP contribution in [0.2, 0.25) is 0 Å². The number of sulfonamides is 1. The second-order valence-corrected chi connectivity index (χ2v) is 9.73. The van der Waals surface area contributed by atoms with Crippen LogP contribution >= 0.6 is 0 Å². The van der Waals surface area contributed by atoms with Gasteiger partial charge in [0.05, 0.1) is 17.7 Å². The third kappa shape index (κ3) is 5.14. The summed E-state index contributed by atoms with van der Waals surface area (Å²) in [7, 11) is -2.60. The van der Waals surface area contributed by atoms with Gasteiger partial charge in [-0.15, -0.1) is 0 Å². The van der Waals surface area contributed by atoms with Crippen molar-refractivity contribution in [2.24, 2.45) is 0 Å². The summed E-state index contributed by atoms with van der Waals surface area (Å²) < 4.78 is 46.5. The Balaban J connectivity index is 1.54. The van der Waals surface area contributed by atoms with E-state index >= 15 is 0 Å². The van der Waals surface area contributed by atoms with Gasteiger partial charge in [0.1, 0.15) is 18.1 Å². The molecule has 0 spiro atoms. The number of carbonyl (C=O) groups is 1. The molecule has 0 aromatic heterocycles. The van der Waals surface area contributed by atoms with E-state index in [1.54, 1.807) is 29.2 Å². The summed E-state index contributed by atoms with van der Waals surface area (Å²) in [5, 5.41) is 0. The highest BCUT2D eigenvalue weighted by atomic mass is 32.2. The molecule has 3 aromatic carbocycles. The van der Waals surface area contributed by atoms with Crippen LogP contribution in [0.5, 0.6) is 5.75 Å². The Morgan fingerprint density at radius 2 is 1.53 bits per heavy atom. The van der Waals surface area contributed by atoms with Gasteiger partial charge < -0.3 is 14.5 Å². The minimum Gasteiger partial charge on any atom is -0.497 e. The van der Waals surface area contributed by atoms with Crippen molar-refractivity contribution in [1.29, 1.82) is 0 Å². The van der Waals surface area contributed by atoms with Gasteiger partial charge in [0.15, 0.2) is 0 Å². The lowest BCUT2D eigenvalue weighted by Crippen LogP contribution is -2.52. The maximum absolute atomic E-state index is 13.4. The predicted molar refractivity (Wildman–Crippen MR) is 129 cm³/mol. The van der Waals surface area contributed by atoms with Gasteiger partial charge in [-0.2, -0.15) is 0 Å². The molecule has 0 unspecified atom stereocenters. The second-order valence-electron chi connectivity index (χ2n) is 7.87. The Bertz CT molecular complexity index is 1210. The van der Waals surface area contributed by atoms with Crippen molar-refractivity contribution < 1.29 is 22.3 Å². The number of hydrogen-bond donors (Lipinski definition) is 0. The number of methoxy groups -OCH3 is 1. The number of rotatable bonds is 7. The minimum absolute atomic E-state index is 0.0913. The van der Waals surface area contributed by atoms with E-state index in [0.29, 0.717) is 37.6 Å². The van der Waals surface area contributed by atoms with Crippen LogP contribution in [-0.2, 0) is 14.8 Å². The SMILES string of the molecule is COc1ccc(N(CC(=O)N2CCN(c3ccccc3)CC2)S(=O)(=O)c2ccc(F)cc2)cc1. The highest BCUT2D eigenvalue weighted by molar-refractivity contribution is 7.92. The quantitative estimate of drug-likeness (QED) is 0.515. The Labute approximate surface area is 199 Å². The van der Waals surface area contributed by atoms with E-state index < -0.39 is 15.8 Å². The van der Waals surface area contributed by atoms with Crippen LogP contribution in [0.15, 0.2) is 83.8 Å². The number of carbonyl (C=O) groups excluding carboxylic acids is 1. The molecule has 0 aliphatic carbocycles. The molecule has 178 valence electrons. The highest BCUT2D eigenvalue weighted by Crippen LogP contribution is 2.26. The number of nitrogens with zero attached hydrogens (tertiary/aromatic N) is 3.